The maximum atomic E-state index is 12.6. The number of carbonyl (C=O) groups is 4. The SMILES string of the molecule is O=C(OCC(=O)N1CCCC1c1cccs1)c1ccc(N2C(=O)CCC2=O)cc1. The molecule has 0 bridgehead atoms. The first-order chi connectivity index (χ1) is 14.0. The van der Waals surface area contributed by atoms with Crippen LogP contribution in [0.25, 0.3) is 0 Å². The topological polar surface area (TPSA) is 84.0 Å². The molecular weight excluding hydrogens is 392 g/mol. The van der Waals surface area contributed by atoms with Crippen LogP contribution in [0.4, 0.5) is 5.69 Å². The fraction of sp³-hybridized carbons (Fsp3) is 0.333. The van der Waals surface area contributed by atoms with Crippen LogP contribution in [-0.2, 0) is 19.1 Å². The van der Waals surface area contributed by atoms with Crippen LogP contribution in [0, 0.1) is 0 Å². The van der Waals surface area contributed by atoms with E-state index in [1.165, 1.54) is 24.3 Å². The first kappa shape index (κ1) is 19.3. The molecule has 1 aromatic heterocycles. The Hall–Kier alpha value is -3.00. The lowest BCUT2D eigenvalue weighted by atomic mass is 10.2. The van der Waals surface area contributed by atoms with Crippen molar-refractivity contribution in [2.75, 3.05) is 18.1 Å². The van der Waals surface area contributed by atoms with Gasteiger partial charge in [-0.25, -0.2) is 4.79 Å². The van der Waals surface area contributed by atoms with E-state index < -0.39 is 5.97 Å². The van der Waals surface area contributed by atoms with E-state index >= 15 is 0 Å². The molecular formula is C21H20N2O5S. The van der Waals surface area contributed by atoms with E-state index in [0.717, 1.165) is 22.6 Å². The summed E-state index contributed by atoms with van der Waals surface area (Å²) in [6.07, 6.45) is 2.24. The van der Waals surface area contributed by atoms with Crippen molar-refractivity contribution in [3.8, 4) is 0 Å². The minimum atomic E-state index is -0.615. The van der Waals surface area contributed by atoms with Gasteiger partial charge in [-0.15, -0.1) is 11.3 Å². The molecule has 150 valence electrons. The number of thiophene rings is 1. The van der Waals surface area contributed by atoms with E-state index in [4.69, 9.17) is 4.74 Å². The van der Waals surface area contributed by atoms with Crippen molar-refractivity contribution in [2.24, 2.45) is 0 Å². The van der Waals surface area contributed by atoms with Gasteiger partial charge in [-0.2, -0.15) is 0 Å². The van der Waals surface area contributed by atoms with E-state index in [2.05, 4.69) is 0 Å². The summed E-state index contributed by atoms with van der Waals surface area (Å²) in [5.41, 5.74) is 0.692. The third kappa shape index (κ3) is 3.93. The summed E-state index contributed by atoms with van der Waals surface area (Å²) in [4.78, 5) is 52.5. The van der Waals surface area contributed by atoms with Crippen LogP contribution in [0.5, 0.6) is 0 Å². The average molecular weight is 412 g/mol. The number of nitrogens with zero attached hydrogens (tertiary/aromatic N) is 2. The number of hydrogen-bond donors (Lipinski definition) is 0. The maximum absolute atomic E-state index is 12.6. The Morgan fingerprint density at radius 1 is 1.07 bits per heavy atom. The second-order valence-corrected chi connectivity index (χ2v) is 7.99. The molecule has 2 aliphatic heterocycles. The second-order valence-electron chi connectivity index (χ2n) is 7.01. The van der Waals surface area contributed by atoms with Crippen LogP contribution in [0.15, 0.2) is 41.8 Å². The molecule has 0 aliphatic carbocycles. The van der Waals surface area contributed by atoms with Gasteiger partial charge in [0.2, 0.25) is 11.8 Å². The first-order valence-electron chi connectivity index (χ1n) is 9.50. The summed E-state index contributed by atoms with van der Waals surface area (Å²) in [6, 6.07) is 10.1. The molecule has 2 aliphatic rings. The van der Waals surface area contributed by atoms with Crippen LogP contribution >= 0.6 is 11.3 Å². The van der Waals surface area contributed by atoms with Gasteiger partial charge in [0.25, 0.3) is 5.91 Å². The lowest BCUT2D eigenvalue weighted by Crippen LogP contribution is -2.34. The molecule has 1 atom stereocenters. The maximum Gasteiger partial charge on any atom is 0.338 e. The van der Waals surface area contributed by atoms with Gasteiger partial charge < -0.3 is 9.64 Å². The number of esters is 1. The van der Waals surface area contributed by atoms with E-state index in [1.54, 1.807) is 16.2 Å². The van der Waals surface area contributed by atoms with E-state index in [9.17, 15) is 19.2 Å². The van der Waals surface area contributed by atoms with Crippen molar-refractivity contribution in [2.45, 2.75) is 31.7 Å². The fourth-order valence-electron chi connectivity index (χ4n) is 3.75. The van der Waals surface area contributed by atoms with Crippen molar-refractivity contribution >= 4 is 40.7 Å². The van der Waals surface area contributed by atoms with Crippen molar-refractivity contribution < 1.29 is 23.9 Å². The van der Waals surface area contributed by atoms with Gasteiger partial charge >= 0.3 is 5.97 Å². The third-order valence-electron chi connectivity index (χ3n) is 5.18. The van der Waals surface area contributed by atoms with Crippen LogP contribution in [-0.4, -0.2) is 41.7 Å². The summed E-state index contributed by atoms with van der Waals surface area (Å²) >= 11 is 1.62. The molecule has 1 unspecified atom stereocenters. The fourth-order valence-corrected chi connectivity index (χ4v) is 4.62. The Balaban J connectivity index is 1.35. The minimum Gasteiger partial charge on any atom is -0.452 e. The zero-order valence-corrected chi connectivity index (χ0v) is 16.5. The standard InChI is InChI=1S/C21H20N2O5S/c24-18-9-10-19(25)23(18)15-7-5-14(6-8-15)21(27)28-13-20(26)22-11-1-3-16(22)17-4-2-12-29-17/h2,4-8,12,16H,1,3,9-11,13H2. The van der Waals surface area contributed by atoms with Gasteiger partial charge in [0.1, 0.15) is 0 Å². The van der Waals surface area contributed by atoms with E-state index in [-0.39, 0.29) is 48.8 Å². The Morgan fingerprint density at radius 3 is 2.45 bits per heavy atom. The number of imide groups is 1. The Labute approximate surface area is 171 Å². The van der Waals surface area contributed by atoms with Gasteiger partial charge in [0.15, 0.2) is 6.61 Å². The number of anilines is 1. The molecule has 7 nitrogen and oxygen atoms in total. The van der Waals surface area contributed by atoms with E-state index in [1.807, 2.05) is 17.5 Å². The summed E-state index contributed by atoms with van der Waals surface area (Å²) in [5.74, 6) is -1.32. The van der Waals surface area contributed by atoms with Crippen LogP contribution < -0.4 is 4.90 Å². The highest BCUT2D eigenvalue weighted by Crippen LogP contribution is 2.34. The molecule has 8 heteroatoms. The Morgan fingerprint density at radius 2 is 1.79 bits per heavy atom. The quantitative estimate of drug-likeness (QED) is 0.557. The summed E-state index contributed by atoms with van der Waals surface area (Å²) in [7, 11) is 0. The van der Waals surface area contributed by atoms with Crippen LogP contribution in [0.3, 0.4) is 0 Å². The van der Waals surface area contributed by atoms with Gasteiger partial charge in [-0.1, -0.05) is 6.07 Å². The molecule has 2 saturated heterocycles. The molecule has 4 rings (SSSR count). The highest BCUT2D eigenvalue weighted by atomic mass is 32.1. The number of benzene rings is 1. The highest BCUT2D eigenvalue weighted by Gasteiger charge is 2.32. The number of rotatable bonds is 5. The molecule has 29 heavy (non-hydrogen) atoms. The Kier molecular flexibility index (Phi) is 5.44. The van der Waals surface area contributed by atoms with Gasteiger partial charge in [-0.05, 0) is 48.6 Å². The van der Waals surface area contributed by atoms with Gasteiger partial charge in [0.05, 0.1) is 17.3 Å². The molecule has 1 aromatic carbocycles. The molecule has 3 amide bonds. The normalized spacial score (nSPS) is 19.1. The highest BCUT2D eigenvalue weighted by molar-refractivity contribution is 7.10. The van der Waals surface area contributed by atoms with Crippen molar-refractivity contribution in [1.29, 1.82) is 0 Å². The minimum absolute atomic E-state index is 0.0519. The number of amides is 3. The summed E-state index contributed by atoms with van der Waals surface area (Å²) in [6.45, 7) is 0.344. The predicted molar refractivity (Wildman–Crippen MR) is 106 cm³/mol. The first-order valence-corrected chi connectivity index (χ1v) is 10.4. The molecule has 0 N–H and O–H groups in total. The third-order valence-corrected chi connectivity index (χ3v) is 6.16. The lowest BCUT2D eigenvalue weighted by Gasteiger charge is -2.23. The predicted octanol–water partition coefficient (Wildman–Crippen LogP) is 2.92. The van der Waals surface area contributed by atoms with E-state index in [0.29, 0.717) is 12.2 Å². The number of ether oxygens (including phenoxy) is 1. The smallest absolute Gasteiger partial charge is 0.338 e. The van der Waals surface area contributed by atoms with Crippen LogP contribution in [0.2, 0.25) is 0 Å². The van der Waals surface area contributed by atoms with Crippen LogP contribution in [0.1, 0.15) is 47.0 Å². The van der Waals surface area contributed by atoms with Gasteiger partial charge in [0, 0.05) is 24.3 Å². The average Bonchev–Trinajstić information content (AvgIpc) is 3.47. The zero-order valence-electron chi connectivity index (χ0n) is 15.7. The largest absolute Gasteiger partial charge is 0.452 e. The number of hydrogen-bond acceptors (Lipinski definition) is 6. The van der Waals surface area contributed by atoms with Crippen molar-refractivity contribution in [3.63, 3.8) is 0 Å². The molecule has 2 aromatic rings. The van der Waals surface area contributed by atoms with Crippen molar-refractivity contribution in [1.82, 2.24) is 4.90 Å². The number of carbonyl (C=O) groups excluding carboxylic acids is 4. The summed E-state index contributed by atoms with van der Waals surface area (Å²) < 4.78 is 5.20. The molecule has 0 radical (unpaired) electrons. The molecule has 0 saturated carbocycles. The molecule has 3 heterocycles. The summed E-state index contributed by atoms with van der Waals surface area (Å²) in [5, 5.41) is 1.99. The second kappa shape index (κ2) is 8.16. The van der Waals surface area contributed by atoms with Gasteiger partial charge in [-0.3, -0.25) is 19.3 Å². The van der Waals surface area contributed by atoms with Crippen molar-refractivity contribution in [3.05, 3.63) is 52.2 Å². The lowest BCUT2D eigenvalue weighted by molar-refractivity contribution is -0.135. The molecule has 0 spiro atoms. The Bertz CT molecular complexity index is 922. The monoisotopic (exact) mass is 412 g/mol. The number of likely N-dealkylation sites (tertiary alicyclic amines) is 1. The molecule has 2 fully saturated rings. The zero-order chi connectivity index (χ0) is 20.4.